The van der Waals surface area contributed by atoms with Crippen LogP contribution in [0.25, 0.3) is 0 Å². The van der Waals surface area contributed by atoms with Crippen LogP contribution in [0.5, 0.6) is 5.75 Å². The van der Waals surface area contributed by atoms with Gasteiger partial charge in [-0.1, -0.05) is 6.07 Å². The molecule has 4 heteroatoms. The van der Waals surface area contributed by atoms with Gasteiger partial charge in [0.25, 0.3) is 0 Å². The third-order valence-corrected chi connectivity index (χ3v) is 2.06. The molecule has 0 saturated heterocycles. The van der Waals surface area contributed by atoms with Gasteiger partial charge in [-0.3, -0.25) is 0 Å². The highest BCUT2D eigenvalue weighted by Crippen LogP contribution is 2.30. The molecule has 0 bridgehead atoms. The number of ether oxygens (including phenoxy) is 1. The number of benzene rings is 1. The van der Waals surface area contributed by atoms with Crippen molar-refractivity contribution in [2.75, 3.05) is 6.61 Å². The van der Waals surface area contributed by atoms with Gasteiger partial charge in [0.15, 0.2) is 0 Å². The van der Waals surface area contributed by atoms with Crippen LogP contribution in [0.15, 0.2) is 18.2 Å². The Morgan fingerprint density at radius 2 is 2.23 bits per heavy atom. The van der Waals surface area contributed by atoms with Crippen LogP contribution in [-0.4, -0.2) is 6.61 Å². The molecule has 72 valence electrons. The second kappa shape index (κ2) is 3.94. The van der Waals surface area contributed by atoms with E-state index >= 15 is 0 Å². The lowest BCUT2D eigenvalue weighted by molar-refractivity contribution is 0.267. The number of rotatable bonds is 0. The number of nitrogens with two attached hydrogens (primary N) is 1. The topological polar surface area (TPSA) is 35.2 Å². The summed E-state index contributed by atoms with van der Waals surface area (Å²) in [5.74, 6) is 0.316. The highest BCUT2D eigenvalue weighted by atomic mass is 35.5. The molecule has 2 rings (SSSR count). The van der Waals surface area contributed by atoms with Gasteiger partial charge in [0.2, 0.25) is 0 Å². The summed E-state index contributed by atoms with van der Waals surface area (Å²) < 4.78 is 18.0. The van der Waals surface area contributed by atoms with E-state index in [0.717, 1.165) is 12.0 Å². The van der Waals surface area contributed by atoms with Crippen molar-refractivity contribution in [3.8, 4) is 5.75 Å². The fraction of sp³-hybridized carbons (Fsp3) is 0.333. The van der Waals surface area contributed by atoms with E-state index < -0.39 is 0 Å². The molecular formula is C9H11ClFNO. The Labute approximate surface area is 82.3 Å². The minimum atomic E-state index is -0.275. The van der Waals surface area contributed by atoms with Gasteiger partial charge in [-0.25, -0.2) is 4.39 Å². The molecule has 0 spiro atoms. The minimum absolute atomic E-state index is 0. The summed E-state index contributed by atoms with van der Waals surface area (Å²) in [6.07, 6.45) is 0.804. The largest absolute Gasteiger partial charge is 0.493 e. The van der Waals surface area contributed by atoms with Gasteiger partial charge in [-0.15, -0.1) is 12.4 Å². The maximum absolute atomic E-state index is 12.7. The zero-order valence-corrected chi connectivity index (χ0v) is 7.81. The summed E-state index contributed by atoms with van der Waals surface area (Å²) in [5.41, 5.74) is 6.70. The average Bonchev–Trinajstić information content (AvgIpc) is 2.04. The molecule has 0 aliphatic carbocycles. The van der Waals surface area contributed by atoms with Gasteiger partial charge < -0.3 is 10.5 Å². The number of halogens is 2. The van der Waals surface area contributed by atoms with Gasteiger partial charge in [-0.2, -0.15) is 0 Å². The van der Waals surface area contributed by atoms with Crippen LogP contribution in [0.1, 0.15) is 18.0 Å². The predicted octanol–water partition coefficient (Wildman–Crippen LogP) is 2.03. The molecule has 0 aromatic heterocycles. The van der Waals surface area contributed by atoms with Gasteiger partial charge in [0, 0.05) is 24.1 Å². The summed E-state index contributed by atoms with van der Waals surface area (Å²) in [5, 5.41) is 0. The van der Waals surface area contributed by atoms with E-state index in [1.807, 2.05) is 0 Å². The molecule has 1 aliphatic heterocycles. The average molecular weight is 204 g/mol. The van der Waals surface area contributed by atoms with Crippen LogP contribution >= 0.6 is 12.4 Å². The van der Waals surface area contributed by atoms with Crippen molar-refractivity contribution in [2.45, 2.75) is 12.5 Å². The molecule has 0 amide bonds. The van der Waals surface area contributed by atoms with Crippen molar-refractivity contribution in [1.82, 2.24) is 0 Å². The monoisotopic (exact) mass is 203 g/mol. The molecule has 0 fully saturated rings. The molecule has 2 nitrogen and oxygen atoms in total. The van der Waals surface area contributed by atoms with Gasteiger partial charge in [0.05, 0.1) is 6.61 Å². The van der Waals surface area contributed by atoms with E-state index in [-0.39, 0.29) is 24.3 Å². The maximum atomic E-state index is 12.7. The van der Waals surface area contributed by atoms with E-state index in [0.29, 0.717) is 12.4 Å². The first-order valence-electron chi connectivity index (χ1n) is 3.95. The first-order chi connectivity index (χ1) is 5.77. The van der Waals surface area contributed by atoms with Crippen LogP contribution in [-0.2, 0) is 0 Å². The van der Waals surface area contributed by atoms with Crippen molar-refractivity contribution in [3.63, 3.8) is 0 Å². The van der Waals surface area contributed by atoms with E-state index in [9.17, 15) is 4.39 Å². The second-order valence-electron chi connectivity index (χ2n) is 2.93. The second-order valence-corrected chi connectivity index (χ2v) is 2.93. The smallest absolute Gasteiger partial charge is 0.126 e. The summed E-state index contributed by atoms with van der Waals surface area (Å²) in [6.45, 7) is 0.581. The van der Waals surface area contributed by atoms with Crippen molar-refractivity contribution in [1.29, 1.82) is 0 Å². The Morgan fingerprint density at radius 3 is 3.00 bits per heavy atom. The lowest BCUT2D eigenvalue weighted by atomic mass is 10.0. The van der Waals surface area contributed by atoms with E-state index in [1.165, 1.54) is 12.1 Å². The van der Waals surface area contributed by atoms with Crippen LogP contribution < -0.4 is 10.5 Å². The lowest BCUT2D eigenvalue weighted by Gasteiger charge is -2.22. The fourth-order valence-electron chi connectivity index (χ4n) is 1.39. The van der Waals surface area contributed by atoms with Gasteiger partial charge in [0.1, 0.15) is 11.6 Å². The van der Waals surface area contributed by atoms with Crippen molar-refractivity contribution in [3.05, 3.63) is 29.6 Å². The SMILES string of the molecule is Cl.N[C@H]1CCOc2cc(F)ccc21. The predicted molar refractivity (Wildman–Crippen MR) is 50.7 cm³/mol. The molecule has 13 heavy (non-hydrogen) atoms. The Balaban J connectivity index is 0.000000845. The summed E-state index contributed by atoms with van der Waals surface area (Å²) in [4.78, 5) is 0. The molecule has 1 aromatic rings. The Kier molecular flexibility index (Phi) is 3.12. The number of fused-ring (bicyclic) bond motifs is 1. The number of hydrogen-bond donors (Lipinski definition) is 1. The molecular weight excluding hydrogens is 193 g/mol. The molecule has 0 unspecified atom stereocenters. The molecule has 1 atom stereocenters. The summed E-state index contributed by atoms with van der Waals surface area (Å²) >= 11 is 0. The van der Waals surface area contributed by atoms with Crippen molar-refractivity contribution < 1.29 is 9.13 Å². The van der Waals surface area contributed by atoms with Crippen molar-refractivity contribution in [2.24, 2.45) is 5.73 Å². The normalized spacial score (nSPS) is 19.7. The van der Waals surface area contributed by atoms with Crippen LogP contribution in [0.3, 0.4) is 0 Å². The van der Waals surface area contributed by atoms with Crippen LogP contribution in [0.2, 0.25) is 0 Å². The van der Waals surface area contributed by atoms with E-state index in [1.54, 1.807) is 6.07 Å². The highest BCUT2D eigenvalue weighted by Gasteiger charge is 2.17. The summed E-state index contributed by atoms with van der Waals surface area (Å²) in [6, 6.07) is 4.48. The van der Waals surface area contributed by atoms with Crippen LogP contribution in [0.4, 0.5) is 4.39 Å². The first kappa shape index (κ1) is 10.3. The van der Waals surface area contributed by atoms with Crippen LogP contribution in [0, 0.1) is 5.82 Å². The quantitative estimate of drug-likeness (QED) is 0.700. The Hall–Kier alpha value is -0.800. The molecule has 2 N–H and O–H groups in total. The summed E-state index contributed by atoms with van der Waals surface area (Å²) in [7, 11) is 0. The van der Waals surface area contributed by atoms with E-state index in [4.69, 9.17) is 10.5 Å². The molecule has 1 aromatic carbocycles. The molecule has 0 saturated carbocycles. The molecule has 1 aliphatic rings. The third kappa shape index (κ3) is 1.92. The van der Waals surface area contributed by atoms with Crippen molar-refractivity contribution >= 4 is 12.4 Å². The number of hydrogen-bond acceptors (Lipinski definition) is 2. The van der Waals surface area contributed by atoms with Gasteiger partial charge in [-0.05, 0) is 6.07 Å². The third-order valence-electron chi connectivity index (χ3n) is 2.06. The molecule has 1 heterocycles. The standard InChI is InChI=1S/C9H10FNO.ClH/c10-6-1-2-7-8(11)3-4-12-9(7)5-6;/h1-2,5,8H,3-4,11H2;1H/t8-;/m0./s1. The Bertz CT molecular complexity index is 306. The zero-order chi connectivity index (χ0) is 8.55. The maximum Gasteiger partial charge on any atom is 0.126 e. The fourth-order valence-corrected chi connectivity index (χ4v) is 1.39. The molecule has 0 radical (unpaired) electrons. The lowest BCUT2D eigenvalue weighted by Crippen LogP contribution is -2.20. The first-order valence-corrected chi connectivity index (χ1v) is 3.95. The van der Waals surface area contributed by atoms with Gasteiger partial charge >= 0.3 is 0 Å². The van der Waals surface area contributed by atoms with E-state index in [2.05, 4.69) is 0 Å². The zero-order valence-electron chi connectivity index (χ0n) is 7.00. The minimum Gasteiger partial charge on any atom is -0.493 e. The highest BCUT2D eigenvalue weighted by molar-refractivity contribution is 5.85. The Morgan fingerprint density at radius 1 is 1.46 bits per heavy atom.